The Labute approximate surface area is 91.8 Å². The minimum atomic E-state index is 0.585. The number of unbranched alkanes of at least 4 members (excludes halogenated alkanes) is 3. The summed E-state index contributed by atoms with van der Waals surface area (Å²) in [6, 6.07) is 14.3. The Balaban J connectivity index is 0.000000262. The molecule has 1 aromatic rings. The molecule has 0 N–H and O–H groups in total. The molecule has 1 aromatic carbocycles. The first kappa shape index (κ1) is 13.2. The van der Waals surface area contributed by atoms with E-state index in [1.165, 1.54) is 5.56 Å². The molecule has 78 valence electrons. The summed E-state index contributed by atoms with van der Waals surface area (Å²) in [5.74, 6) is 0. The average molecular weight is 200 g/mol. The van der Waals surface area contributed by atoms with Crippen LogP contribution in [0.1, 0.15) is 31.2 Å². The van der Waals surface area contributed by atoms with E-state index in [1.807, 2.05) is 30.3 Å². The van der Waals surface area contributed by atoms with Crippen LogP contribution in [-0.4, -0.2) is 0 Å². The number of rotatable bonds is 3. The van der Waals surface area contributed by atoms with Gasteiger partial charge < -0.3 is 0 Å². The smallest absolute Gasteiger partial charge is 0.0621 e. The van der Waals surface area contributed by atoms with Gasteiger partial charge in [-0.1, -0.05) is 35.9 Å². The number of nitriles is 2. The lowest BCUT2D eigenvalue weighted by molar-refractivity contribution is 0.773. The first-order valence-electron chi connectivity index (χ1n) is 5.07. The summed E-state index contributed by atoms with van der Waals surface area (Å²) in [5, 5.41) is 16.1. The highest BCUT2D eigenvalue weighted by Crippen LogP contribution is 1.95. The van der Waals surface area contributed by atoms with E-state index in [1.54, 1.807) is 0 Å². The molecule has 0 bridgehead atoms. The summed E-state index contributed by atoms with van der Waals surface area (Å²) in [6.07, 6.45) is 2.90. The standard InChI is InChI=1S/C7H8.C6H8N2/c1-7-5-3-2-4-6-7;7-5-3-1-2-4-6-8/h2-6H,1H3;1-4H2. The van der Waals surface area contributed by atoms with Crippen LogP contribution >= 0.6 is 0 Å². The summed E-state index contributed by atoms with van der Waals surface area (Å²) in [7, 11) is 0. The molecule has 0 atom stereocenters. The van der Waals surface area contributed by atoms with Gasteiger partial charge in [-0.3, -0.25) is 0 Å². The van der Waals surface area contributed by atoms with E-state index in [0.29, 0.717) is 12.8 Å². The largest absolute Gasteiger partial charge is 0.198 e. The molecule has 15 heavy (non-hydrogen) atoms. The third-order valence-electron chi connectivity index (χ3n) is 1.77. The van der Waals surface area contributed by atoms with Crippen molar-refractivity contribution in [1.29, 1.82) is 10.5 Å². The zero-order chi connectivity index (χ0) is 11.4. The fraction of sp³-hybridized carbons (Fsp3) is 0.385. The summed E-state index contributed by atoms with van der Waals surface area (Å²) in [6.45, 7) is 2.08. The lowest BCUT2D eigenvalue weighted by Crippen LogP contribution is -1.70. The van der Waals surface area contributed by atoms with E-state index in [9.17, 15) is 0 Å². The zero-order valence-electron chi connectivity index (χ0n) is 9.11. The maximum atomic E-state index is 8.03. The van der Waals surface area contributed by atoms with Crippen molar-refractivity contribution in [1.82, 2.24) is 0 Å². The van der Waals surface area contributed by atoms with Gasteiger partial charge in [0.2, 0.25) is 0 Å². The number of aryl methyl sites for hydroxylation is 1. The van der Waals surface area contributed by atoms with Gasteiger partial charge in [0.15, 0.2) is 0 Å². The van der Waals surface area contributed by atoms with Crippen LogP contribution in [0.4, 0.5) is 0 Å². The number of hydrogen-bond acceptors (Lipinski definition) is 2. The van der Waals surface area contributed by atoms with Gasteiger partial charge in [0.05, 0.1) is 12.1 Å². The van der Waals surface area contributed by atoms with Crippen molar-refractivity contribution in [2.75, 3.05) is 0 Å². The van der Waals surface area contributed by atoms with Crippen molar-refractivity contribution in [3.8, 4) is 12.1 Å². The quantitative estimate of drug-likeness (QED) is 0.700. The second-order valence-electron chi connectivity index (χ2n) is 3.18. The van der Waals surface area contributed by atoms with E-state index in [-0.39, 0.29) is 0 Å². The maximum absolute atomic E-state index is 8.03. The molecule has 0 spiro atoms. The SMILES string of the molecule is Cc1ccccc1.N#CCCCCC#N. The third kappa shape index (κ3) is 10.1. The van der Waals surface area contributed by atoms with Crippen LogP contribution in [0.15, 0.2) is 30.3 Å². The summed E-state index contributed by atoms with van der Waals surface area (Å²) in [5.41, 5.74) is 1.32. The molecule has 0 aliphatic heterocycles. The Hall–Kier alpha value is -1.80. The first-order chi connectivity index (χ1) is 7.31. The Morgan fingerprint density at radius 3 is 1.67 bits per heavy atom. The van der Waals surface area contributed by atoms with Crippen molar-refractivity contribution in [2.24, 2.45) is 0 Å². The summed E-state index contributed by atoms with van der Waals surface area (Å²) < 4.78 is 0. The lowest BCUT2D eigenvalue weighted by atomic mass is 10.2. The molecule has 0 amide bonds. The second-order valence-corrected chi connectivity index (χ2v) is 3.18. The molecule has 1 rings (SSSR count). The van der Waals surface area contributed by atoms with Crippen molar-refractivity contribution in [3.63, 3.8) is 0 Å². The Kier molecular flexibility index (Phi) is 9.05. The van der Waals surface area contributed by atoms with E-state index in [2.05, 4.69) is 19.1 Å². The Morgan fingerprint density at radius 2 is 1.40 bits per heavy atom. The molecule has 0 heterocycles. The number of nitrogens with zero attached hydrogens (tertiary/aromatic N) is 2. The fourth-order valence-corrected chi connectivity index (χ4v) is 0.942. The molecular formula is C13H16N2. The monoisotopic (exact) mass is 200 g/mol. The molecule has 2 nitrogen and oxygen atoms in total. The molecular weight excluding hydrogens is 184 g/mol. The van der Waals surface area contributed by atoms with E-state index >= 15 is 0 Å². The molecule has 0 unspecified atom stereocenters. The molecule has 0 fully saturated rings. The molecule has 0 aliphatic rings. The predicted molar refractivity (Wildman–Crippen MR) is 60.9 cm³/mol. The van der Waals surface area contributed by atoms with Crippen LogP contribution in [0.3, 0.4) is 0 Å². The van der Waals surface area contributed by atoms with Crippen LogP contribution in [0.2, 0.25) is 0 Å². The molecule has 0 aliphatic carbocycles. The van der Waals surface area contributed by atoms with Crippen molar-refractivity contribution >= 4 is 0 Å². The third-order valence-corrected chi connectivity index (χ3v) is 1.77. The Morgan fingerprint density at radius 1 is 0.933 bits per heavy atom. The minimum absolute atomic E-state index is 0.585. The van der Waals surface area contributed by atoms with Gasteiger partial charge in [-0.05, 0) is 19.8 Å². The van der Waals surface area contributed by atoms with Crippen molar-refractivity contribution < 1.29 is 0 Å². The Bertz CT molecular complexity index is 301. The normalized spacial score (nSPS) is 7.93. The summed E-state index contributed by atoms with van der Waals surface area (Å²) >= 11 is 0. The predicted octanol–water partition coefficient (Wildman–Crippen LogP) is 3.59. The summed E-state index contributed by atoms with van der Waals surface area (Å²) in [4.78, 5) is 0. The van der Waals surface area contributed by atoms with E-state index in [0.717, 1.165) is 12.8 Å². The topological polar surface area (TPSA) is 47.6 Å². The minimum Gasteiger partial charge on any atom is -0.198 e. The highest BCUT2D eigenvalue weighted by Gasteiger charge is 1.83. The van der Waals surface area contributed by atoms with Gasteiger partial charge in [0.25, 0.3) is 0 Å². The lowest BCUT2D eigenvalue weighted by Gasteiger charge is -1.83. The van der Waals surface area contributed by atoms with E-state index in [4.69, 9.17) is 10.5 Å². The zero-order valence-corrected chi connectivity index (χ0v) is 9.11. The van der Waals surface area contributed by atoms with Crippen molar-refractivity contribution in [3.05, 3.63) is 35.9 Å². The van der Waals surface area contributed by atoms with Gasteiger partial charge in [0, 0.05) is 12.8 Å². The number of hydrogen-bond donors (Lipinski definition) is 0. The highest BCUT2D eigenvalue weighted by molar-refractivity contribution is 5.11. The molecule has 0 aromatic heterocycles. The van der Waals surface area contributed by atoms with Gasteiger partial charge in [-0.2, -0.15) is 10.5 Å². The van der Waals surface area contributed by atoms with Crippen LogP contribution in [0.5, 0.6) is 0 Å². The van der Waals surface area contributed by atoms with Crippen LogP contribution in [0.25, 0.3) is 0 Å². The van der Waals surface area contributed by atoms with Crippen LogP contribution in [-0.2, 0) is 0 Å². The van der Waals surface area contributed by atoms with Crippen LogP contribution < -0.4 is 0 Å². The average Bonchev–Trinajstić information content (AvgIpc) is 2.27. The number of benzene rings is 1. The molecule has 0 saturated heterocycles. The van der Waals surface area contributed by atoms with Crippen LogP contribution in [0, 0.1) is 29.6 Å². The highest BCUT2D eigenvalue weighted by atomic mass is 14.2. The fourth-order valence-electron chi connectivity index (χ4n) is 0.942. The molecule has 2 heteroatoms. The van der Waals surface area contributed by atoms with Gasteiger partial charge in [0.1, 0.15) is 0 Å². The maximum Gasteiger partial charge on any atom is 0.0621 e. The molecule has 0 radical (unpaired) electrons. The van der Waals surface area contributed by atoms with E-state index < -0.39 is 0 Å². The molecule has 0 saturated carbocycles. The van der Waals surface area contributed by atoms with Crippen molar-refractivity contribution in [2.45, 2.75) is 32.6 Å². The van der Waals surface area contributed by atoms with Gasteiger partial charge in [-0.15, -0.1) is 0 Å². The van der Waals surface area contributed by atoms with Gasteiger partial charge in [-0.25, -0.2) is 0 Å². The van der Waals surface area contributed by atoms with Gasteiger partial charge >= 0.3 is 0 Å². The first-order valence-corrected chi connectivity index (χ1v) is 5.07. The second kappa shape index (κ2) is 10.3.